The number of aromatic nitrogens is 4. The third-order valence-electron chi connectivity index (χ3n) is 4.81. The number of rotatable bonds is 6. The molecule has 0 saturated carbocycles. The molecule has 2 N–H and O–H groups in total. The molecule has 4 aromatic rings. The Balaban J connectivity index is 1.70. The Bertz CT molecular complexity index is 1150. The molecule has 3 aromatic heterocycles. The molecule has 0 amide bonds. The van der Waals surface area contributed by atoms with Gasteiger partial charge in [0.25, 0.3) is 5.56 Å². The molecule has 140 valence electrons. The third kappa shape index (κ3) is 3.75. The standard InChI is InChI=1S/C21H22BN5O/c1-27(9-6-22)13-14-2-3-16-11-20(24-18(16)10-14)17-12-19(25-26-21(17)28)15-4-7-23-8-5-15/h2-5,7-8,10-12,24H,6,9,13,22H2,1H3,(H,26,28). The number of nitrogens with zero attached hydrogens (tertiary/aromatic N) is 3. The molecule has 0 atom stereocenters. The molecule has 0 radical (unpaired) electrons. The van der Waals surface area contributed by atoms with Crippen molar-refractivity contribution in [1.82, 2.24) is 25.1 Å². The lowest BCUT2D eigenvalue weighted by Gasteiger charge is -2.15. The van der Waals surface area contributed by atoms with Crippen LogP contribution in [0.4, 0.5) is 0 Å². The molecule has 0 fully saturated rings. The summed E-state index contributed by atoms with van der Waals surface area (Å²) in [5.74, 6) is 0. The molecule has 7 heteroatoms. The second kappa shape index (κ2) is 7.82. The van der Waals surface area contributed by atoms with Gasteiger partial charge in [-0.15, -0.1) is 0 Å². The molecule has 4 rings (SSSR count). The van der Waals surface area contributed by atoms with Crippen LogP contribution in [0.2, 0.25) is 6.32 Å². The second-order valence-corrected chi connectivity index (χ2v) is 7.07. The number of hydrogen-bond donors (Lipinski definition) is 2. The highest BCUT2D eigenvalue weighted by atomic mass is 16.1. The Morgan fingerprint density at radius 3 is 2.71 bits per heavy atom. The minimum absolute atomic E-state index is 0.215. The van der Waals surface area contributed by atoms with Crippen LogP contribution in [0.1, 0.15) is 5.56 Å². The van der Waals surface area contributed by atoms with Crippen molar-refractivity contribution < 1.29 is 0 Å². The summed E-state index contributed by atoms with van der Waals surface area (Å²) in [5.41, 5.74) is 5.03. The van der Waals surface area contributed by atoms with Crippen LogP contribution in [-0.2, 0) is 6.54 Å². The minimum Gasteiger partial charge on any atom is -0.354 e. The molecule has 0 aliphatic carbocycles. The van der Waals surface area contributed by atoms with Crippen LogP contribution in [0, 0.1) is 0 Å². The first-order valence-corrected chi connectivity index (χ1v) is 9.44. The van der Waals surface area contributed by atoms with Crippen molar-refractivity contribution in [2.45, 2.75) is 12.9 Å². The van der Waals surface area contributed by atoms with Crippen molar-refractivity contribution in [2.75, 3.05) is 13.6 Å². The summed E-state index contributed by atoms with van der Waals surface area (Å²) in [6, 6.07) is 14.0. The first kappa shape index (κ1) is 18.2. The zero-order valence-corrected chi connectivity index (χ0v) is 16.1. The summed E-state index contributed by atoms with van der Waals surface area (Å²) < 4.78 is 0. The van der Waals surface area contributed by atoms with E-state index >= 15 is 0 Å². The number of hydrogen-bond acceptors (Lipinski definition) is 4. The number of benzene rings is 1. The Morgan fingerprint density at radius 2 is 1.93 bits per heavy atom. The summed E-state index contributed by atoms with van der Waals surface area (Å²) in [5, 5.41) is 7.86. The van der Waals surface area contributed by atoms with E-state index in [1.54, 1.807) is 12.4 Å². The van der Waals surface area contributed by atoms with Gasteiger partial charge in [0, 0.05) is 35.4 Å². The summed E-state index contributed by atoms with van der Waals surface area (Å²) in [7, 11) is 4.31. The monoisotopic (exact) mass is 371 g/mol. The van der Waals surface area contributed by atoms with E-state index < -0.39 is 0 Å². The maximum absolute atomic E-state index is 12.4. The molecule has 0 aliphatic rings. The number of H-pyrrole nitrogens is 2. The van der Waals surface area contributed by atoms with Crippen LogP contribution in [-0.4, -0.2) is 46.5 Å². The molecular formula is C21H22BN5O. The highest BCUT2D eigenvalue weighted by molar-refractivity contribution is 6.08. The Kier molecular flexibility index (Phi) is 5.08. The van der Waals surface area contributed by atoms with Gasteiger partial charge in [0.1, 0.15) is 7.85 Å². The Morgan fingerprint density at radius 1 is 1.11 bits per heavy atom. The van der Waals surface area contributed by atoms with E-state index in [4.69, 9.17) is 0 Å². The fraction of sp³-hybridized carbons (Fsp3) is 0.190. The first-order chi connectivity index (χ1) is 13.6. The van der Waals surface area contributed by atoms with Crippen LogP contribution in [0.3, 0.4) is 0 Å². The lowest BCUT2D eigenvalue weighted by atomic mass is 10.0. The number of pyridine rings is 1. The lowest BCUT2D eigenvalue weighted by molar-refractivity contribution is 0.346. The van der Waals surface area contributed by atoms with E-state index in [2.05, 4.69) is 58.2 Å². The van der Waals surface area contributed by atoms with Crippen LogP contribution in [0.25, 0.3) is 33.4 Å². The summed E-state index contributed by atoms with van der Waals surface area (Å²) in [6.07, 6.45) is 4.56. The average molecular weight is 371 g/mol. The number of fused-ring (bicyclic) bond motifs is 1. The van der Waals surface area contributed by atoms with Gasteiger partial charge in [-0.1, -0.05) is 18.5 Å². The number of aromatic amines is 2. The van der Waals surface area contributed by atoms with Gasteiger partial charge in [-0.05, 0) is 49.5 Å². The van der Waals surface area contributed by atoms with E-state index in [0.717, 1.165) is 41.6 Å². The largest absolute Gasteiger partial charge is 0.354 e. The maximum Gasteiger partial charge on any atom is 0.273 e. The van der Waals surface area contributed by atoms with Crippen molar-refractivity contribution in [2.24, 2.45) is 0 Å². The van der Waals surface area contributed by atoms with Crippen molar-refractivity contribution in [3.63, 3.8) is 0 Å². The second-order valence-electron chi connectivity index (χ2n) is 7.07. The van der Waals surface area contributed by atoms with Gasteiger partial charge in [-0.3, -0.25) is 9.78 Å². The van der Waals surface area contributed by atoms with Gasteiger partial charge in [0.15, 0.2) is 0 Å². The van der Waals surface area contributed by atoms with Crippen molar-refractivity contribution >= 4 is 18.7 Å². The van der Waals surface area contributed by atoms with Crippen LogP contribution in [0.5, 0.6) is 0 Å². The van der Waals surface area contributed by atoms with Gasteiger partial charge in [-0.25, -0.2) is 5.10 Å². The van der Waals surface area contributed by atoms with Crippen LogP contribution >= 0.6 is 0 Å². The predicted molar refractivity (Wildman–Crippen MR) is 115 cm³/mol. The molecule has 0 aliphatic heterocycles. The van der Waals surface area contributed by atoms with Gasteiger partial charge in [0.2, 0.25) is 0 Å². The molecular weight excluding hydrogens is 349 g/mol. The fourth-order valence-corrected chi connectivity index (χ4v) is 3.47. The van der Waals surface area contributed by atoms with Gasteiger partial charge < -0.3 is 9.88 Å². The van der Waals surface area contributed by atoms with Crippen LogP contribution < -0.4 is 5.56 Å². The zero-order valence-electron chi connectivity index (χ0n) is 16.1. The van der Waals surface area contributed by atoms with E-state index in [9.17, 15) is 4.79 Å². The Labute approximate surface area is 164 Å². The van der Waals surface area contributed by atoms with Gasteiger partial charge >= 0.3 is 0 Å². The SMILES string of the molecule is BCCN(C)Cc1ccc2cc(-c3cc(-c4ccncc4)n[nH]c3=O)[nH]c2c1. The molecule has 3 heterocycles. The third-order valence-corrected chi connectivity index (χ3v) is 4.81. The summed E-state index contributed by atoms with van der Waals surface area (Å²) in [4.78, 5) is 22.1. The van der Waals surface area contributed by atoms with E-state index in [-0.39, 0.29) is 5.56 Å². The minimum atomic E-state index is -0.215. The molecule has 28 heavy (non-hydrogen) atoms. The van der Waals surface area contributed by atoms with Gasteiger partial charge in [0.05, 0.1) is 17.0 Å². The van der Waals surface area contributed by atoms with E-state index in [1.165, 1.54) is 5.56 Å². The molecule has 6 nitrogen and oxygen atoms in total. The number of nitrogens with one attached hydrogen (secondary N) is 2. The van der Waals surface area contributed by atoms with Gasteiger partial charge in [-0.2, -0.15) is 5.10 Å². The molecule has 0 spiro atoms. The predicted octanol–water partition coefficient (Wildman–Crippen LogP) is 2.46. The molecule has 0 saturated heterocycles. The summed E-state index contributed by atoms with van der Waals surface area (Å²) >= 11 is 0. The van der Waals surface area contributed by atoms with Crippen LogP contribution in [0.15, 0.2) is 59.7 Å². The normalized spacial score (nSPS) is 11.4. The molecule has 1 aromatic carbocycles. The summed E-state index contributed by atoms with van der Waals surface area (Å²) in [6.45, 7) is 1.97. The van der Waals surface area contributed by atoms with Crippen molar-refractivity contribution in [3.8, 4) is 22.5 Å². The lowest BCUT2D eigenvalue weighted by Crippen LogP contribution is -2.18. The highest BCUT2D eigenvalue weighted by Gasteiger charge is 2.11. The average Bonchev–Trinajstić information content (AvgIpc) is 3.12. The first-order valence-electron chi connectivity index (χ1n) is 9.44. The zero-order chi connectivity index (χ0) is 19.5. The highest BCUT2D eigenvalue weighted by Crippen LogP contribution is 2.25. The molecule has 0 bridgehead atoms. The maximum atomic E-state index is 12.4. The van der Waals surface area contributed by atoms with E-state index in [0.29, 0.717) is 11.3 Å². The topological polar surface area (TPSA) is 77.7 Å². The van der Waals surface area contributed by atoms with Crippen molar-refractivity contribution in [3.05, 3.63) is 70.8 Å². The van der Waals surface area contributed by atoms with Crippen molar-refractivity contribution in [1.29, 1.82) is 0 Å². The smallest absolute Gasteiger partial charge is 0.273 e. The quantitative estimate of drug-likeness (QED) is 0.511. The fourth-order valence-electron chi connectivity index (χ4n) is 3.47. The Hall–Kier alpha value is -3.19. The van der Waals surface area contributed by atoms with E-state index in [1.807, 2.05) is 24.3 Å². The molecule has 0 unspecified atom stereocenters.